The van der Waals surface area contributed by atoms with Crippen LogP contribution in [0.15, 0.2) is 0 Å². The molecule has 0 aromatic rings. The first-order chi connectivity index (χ1) is 4.83. The SMILES string of the molecule is CCN.NCCNCCN. The molecule has 4 heteroatoms. The third kappa shape index (κ3) is 24.9. The van der Waals surface area contributed by atoms with Gasteiger partial charge in [-0.25, -0.2) is 0 Å². The van der Waals surface area contributed by atoms with Gasteiger partial charge in [0, 0.05) is 26.2 Å². The predicted molar refractivity (Wildman–Crippen MR) is 45.7 cm³/mol. The largest absolute Gasteiger partial charge is 0.331 e. The molecule has 0 aliphatic carbocycles. The Morgan fingerprint density at radius 2 is 1.30 bits per heavy atom. The molecule has 0 aromatic heterocycles. The Kier molecular flexibility index (Phi) is 19.9. The van der Waals surface area contributed by atoms with Crippen molar-refractivity contribution in [2.75, 3.05) is 32.7 Å². The second-order valence-electron chi connectivity index (χ2n) is 1.74. The van der Waals surface area contributed by atoms with Crippen LogP contribution in [0.5, 0.6) is 0 Å². The third-order valence-electron chi connectivity index (χ3n) is 0.642. The van der Waals surface area contributed by atoms with E-state index in [0.717, 1.165) is 19.6 Å². The van der Waals surface area contributed by atoms with E-state index in [-0.39, 0.29) is 0 Å². The maximum Gasteiger partial charge on any atom is 0.00750 e. The maximum absolute atomic E-state index is 5.17. The average Bonchev–Trinajstić information content (AvgIpc) is 1.91. The number of hydrogen-bond donors (Lipinski definition) is 4. The third-order valence-corrected chi connectivity index (χ3v) is 0.642. The quantitative estimate of drug-likeness (QED) is 0.364. The van der Waals surface area contributed by atoms with Crippen LogP contribution in [-0.2, 0) is 0 Å². The predicted octanol–water partition coefficient (Wildman–Crippen LogP) is -1.54. The number of hydrogen-bond acceptors (Lipinski definition) is 4. The zero-order valence-corrected chi connectivity index (χ0v) is 6.77. The van der Waals surface area contributed by atoms with Crippen molar-refractivity contribution in [2.24, 2.45) is 17.2 Å². The van der Waals surface area contributed by atoms with Crippen molar-refractivity contribution in [3.8, 4) is 0 Å². The zero-order chi connectivity index (χ0) is 8.24. The molecule has 0 heterocycles. The molecule has 0 aromatic carbocycles. The van der Waals surface area contributed by atoms with Gasteiger partial charge >= 0.3 is 0 Å². The summed E-state index contributed by atoms with van der Waals surface area (Å²) in [6.45, 7) is 5.79. The first-order valence-electron chi connectivity index (χ1n) is 3.64. The van der Waals surface area contributed by atoms with Crippen LogP contribution in [0.2, 0.25) is 0 Å². The van der Waals surface area contributed by atoms with Crippen LogP contribution < -0.4 is 22.5 Å². The fourth-order valence-electron chi connectivity index (χ4n) is 0.329. The van der Waals surface area contributed by atoms with E-state index in [4.69, 9.17) is 17.2 Å². The summed E-state index contributed by atoms with van der Waals surface area (Å²) in [5.74, 6) is 0. The Labute approximate surface area is 63.1 Å². The summed E-state index contributed by atoms with van der Waals surface area (Å²) in [4.78, 5) is 0. The molecule has 0 saturated heterocycles. The second kappa shape index (κ2) is 15.9. The van der Waals surface area contributed by atoms with E-state index in [2.05, 4.69) is 5.32 Å². The molecule has 7 N–H and O–H groups in total. The molecule has 0 saturated carbocycles. The Hall–Kier alpha value is -0.160. The summed E-state index contributed by atoms with van der Waals surface area (Å²) in [5, 5.41) is 3.03. The molecule has 10 heavy (non-hydrogen) atoms. The van der Waals surface area contributed by atoms with Gasteiger partial charge in [0.1, 0.15) is 0 Å². The zero-order valence-electron chi connectivity index (χ0n) is 6.77. The van der Waals surface area contributed by atoms with Gasteiger partial charge in [-0.3, -0.25) is 0 Å². The van der Waals surface area contributed by atoms with Gasteiger partial charge in [0.05, 0.1) is 0 Å². The van der Waals surface area contributed by atoms with Crippen LogP contribution in [0.3, 0.4) is 0 Å². The van der Waals surface area contributed by atoms with Crippen LogP contribution in [0.1, 0.15) is 6.92 Å². The molecule has 0 radical (unpaired) electrons. The fraction of sp³-hybridized carbons (Fsp3) is 1.00. The molecular formula is C6H20N4. The van der Waals surface area contributed by atoms with Crippen LogP contribution in [0.25, 0.3) is 0 Å². The van der Waals surface area contributed by atoms with Gasteiger partial charge in [-0.05, 0) is 6.54 Å². The average molecular weight is 148 g/mol. The monoisotopic (exact) mass is 148 g/mol. The molecule has 4 nitrogen and oxygen atoms in total. The Balaban J connectivity index is 0. The van der Waals surface area contributed by atoms with E-state index in [1.807, 2.05) is 6.92 Å². The van der Waals surface area contributed by atoms with Gasteiger partial charge in [0.15, 0.2) is 0 Å². The van der Waals surface area contributed by atoms with Crippen LogP contribution in [0, 0.1) is 0 Å². The summed E-state index contributed by atoms with van der Waals surface area (Å²) >= 11 is 0. The molecular weight excluding hydrogens is 128 g/mol. The Morgan fingerprint density at radius 1 is 1.00 bits per heavy atom. The number of rotatable bonds is 4. The molecule has 0 atom stereocenters. The molecule has 0 spiro atoms. The summed E-state index contributed by atoms with van der Waals surface area (Å²) in [6, 6.07) is 0. The molecule has 0 aliphatic rings. The van der Waals surface area contributed by atoms with Crippen LogP contribution in [-0.4, -0.2) is 32.7 Å². The standard InChI is InChI=1S/C4H13N3.C2H7N/c5-1-3-7-4-2-6;1-2-3/h7H,1-6H2;2-3H2,1H3. The normalized spacial score (nSPS) is 8.40. The molecule has 0 aliphatic heterocycles. The molecule has 0 amide bonds. The van der Waals surface area contributed by atoms with Gasteiger partial charge in [0.25, 0.3) is 0 Å². The van der Waals surface area contributed by atoms with Crippen LogP contribution >= 0.6 is 0 Å². The highest BCUT2D eigenvalue weighted by molar-refractivity contribution is 4.45. The van der Waals surface area contributed by atoms with Gasteiger partial charge < -0.3 is 22.5 Å². The van der Waals surface area contributed by atoms with E-state index in [1.165, 1.54) is 0 Å². The van der Waals surface area contributed by atoms with Gasteiger partial charge in [-0.15, -0.1) is 0 Å². The van der Waals surface area contributed by atoms with Crippen molar-refractivity contribution >= 4 is 0 Å². The lowest BCUT2D eigenvalue weighted by molar-refractivity contribution is 0.696. The summed E-state index contributed by atoms with van der Waals surface area (Å²) in [7, 11) is 0. The van der Waals surface area contributed by atoms with E-state index >= 15 is 0 Å². The van der Waals surface area contributed by atoms with E-state index < -0.39 is 0 Å². The second-order valence-corrected chi connectivity index (χ2v) is 1.74. The van der Waals surface area contributed by atoms with Gasteiger partial charge in [-0.1, -0.05) is 6.92 Å². The molecule has 0 rings (SSSR count). The van der Waals surface area contributed by atoms with Crippen molar-refractivity contribution in [2.45, 2.75) is 6.92 Å². The lowest BCUT2D eigenvalue weighted by atomic mass is 10.6. The van der Waals surface area contributed by atoms with Crippen molar-refractivity contribution in [3.05, 3.63) is 0 Å². The summed E-state index contributed by atoms with van der Waals surface area (Å²) in [6.07, 6.45) is 0. The van der Waals surface area contributed by atoms with Gasteiger partial charge in [-0.2, -0.15) is 0 Å². The van der Waals surface area contributed by atoms with Crippen molar-refractivity contribution < 1.29 is 0 Å². The molecule has 0 bridgehead atoms. The Morgan fingerprint density at radius 3 is 1.50 bits per heavy atom. The summed E-state index contributed by atoms with van der Waals surface area (Å²) in [5.41, 5.74) is 15.2. The minimum atomic E-state index is 0.694. The van der Waals surface area contributed by atoms with E-state index in [0.29, 0.717) is 13.1 Å². The van der Waals surface area contributed by atoms with Crippen LogP contribution in [0.4, 0.5) is 0 Å². The first-order valence-corrected chi connectivity index (χ1v) is 3.64. The lowest BCUT2D eigenvalue weighted by Crippen LogP contribution is -2.27. The first kappa shape index (κ1) is 12.5. The number of nitrogens with one attached hydrogen (secondary N) is 1. The Bertz CT molecular complexity index is 36.7. The number of nitrogens with two attached hydrogens (primary N) is 3. The van der Waals surface area contributed by atoms with Crippen molar-refractivity contribution in [3.63, 3.8) is 0 Å². The van der Waals surface area contributed by atoms with Gasteiger partial charge in [0.2, 0.25) is 0 Å². The minimum Gasteiger partial charge on any atom is -0.331 e. The molecule has 0 unspecified atom stereocenters. The minimum absolute atomic E-state index is 0.694. The maximum atomic E-state index is 5.17. The van der Waals surface area contributed by atoms with E-state index in [1.54, 1.807) is 0 Å². The lowest BCUT2D eigenvalue weighted by Gasteiger charge is -1.95. The highest BCUT2D eigenvalue weighted by atomic mass is 14.9. The smallest absolute Gasteiger partial charge is 0.00750 e. The van der Waals surface area contributed by atoms with E-state index in [9.17, 15) is 0 Å². The molecule has 0 fully saturated rings. The van der Waals surface area contributed by atoms with Crippen molar-refractivity contribution in [1.82, 2.24) is 5.32 Å². The fourth-order valence-corrected chi connectivity index (χ4v) is 0.329. The summed E-state index contributed by atoms with van der Waals surface area (Å²) < 4.78 is 0. The van der Waals surface area contributed by atoms with Crippen molar-refractivity contribution in [1.29, 1.82) is 0 Å². The molecule has 64 valence electrons. The highest BCUT2D eigenvalue weighted by Gasteiger charge is 1.76. The topological polar surface area (TPSA) is 90.1 Å². The highest BCUT2D eigenvalue weighted by Crippen LogP contribution is 1.49.